The summed E-state index contributed by atoms with van der Waals surface area (Å²) in [7, 11) is 0. The minimum atomic E-state index is -0.541. The summed E-state index contributed by atoms with van der Waals surface area (Å²) in [6.07, 6.45) is 2.40. The minimum Gasteiger partial charge on any atom is -0.451 e. The van der Waals surface area contributed by atoms with E-state index in [-0.39, 0.29) is 5.91 Å². The molecule has 5 nitrogen and oxygen atoms in total. The molecule has 1 saturated heterocycles. The molecule has 1 fully saturated rings. The summed E-state index contributed by atoms with van der Waals surface area (Å²) in [5, 5.41) is 0.894. The maximum absolute atomic E-state index is 12.8. The molecule has 116 valence electrons. The molecule has 0 aliphatic carbocycles. The van der Waals surface area contributed by atoms with Crippen LogP contribution in [-0.2, 0) is 4.79 Å². The van der Waals surface area contributed by atoms with Gasteiger partial charge in [-0.2, -0.15) is 0 Å². The average molecular weight is 365 g/mol. The van der Waals surface area contributed by atoms with Crippen LogP contribution in [-0.4, -0.2) is 29.3 Å². The Balaban J connectivity index is 2.01. The van der Waals surface area contributed by atoms with Gasteiger partial charge in [-0.15, -0.1) is 0 Å². The van der Waals surface area contributed by atoms with Crippen LogP contribution in [0.25, 0.3) is 11.0 Å². The Bertz CT molecular complexity index is 753. The third kappa shape index (κ3) is 2.52. The number of likely N-dealkylation sites (tertiary alicyclic amines) is 1. The van der Waals surface area contributed by atoms with E-state index in [4.69, 9.17) is 10.2 Å². The van der Waals surface area contributed by atoms with Gasteiger partial charge in [-0.3, -0.25) is 9.59 Å². The van der Waals surface area contributed by atoms with Gasteiger partial charge in [0.15, 0.2) is 5.76 Å². The van der Waals surface area contributed by atoms with Crippen LogP contribution in [0.2, 0.25) is 0 Å². The number of carbonyl (C=O) groups is 2. The largest absolute Gasteiger partial charge is 0.451 e. The maximum Gasteiger partial charge on any atom is 0.290 e. The predicted molar refractivity (Wildman–Crippen MR) is 86.5 cm³/mol. The van der Waals surface area contributed by atoms with Crippen molar-refractivity contribution < 1.29 is 14.0 Å². The van der Waals surface area contributed by atoms with Gasteiger partial charge in [0.25, 0.3) is 5.91 Å². The number of piperidine rings is 1. The average Bonchev–Trinajstić information content (AvgIpc) is 2.83. The molecule has 3 rings (SSSR count). The van der Waals surface area contributed by atoms with Crippen molar-refractivity contribution in [1.29, 1.82) is 0 Å². The summed E-state index contributed by atoms with van der Waals surface area (Å²) in [5.74, 6) is -0.417. The van der Waals surface area contributed by atoms with E-state index < -0.39 is 11.9 Å². The molecule has 2 heterocycles. The van der Waals surface area contributed by atoms with Gasteiger partial charge in [0.1, 0.15) is 11.6 Å². The normalized spacial score (nSPS) is 18.6. The molecule has 0 spiro atoms. The van der Waals surface area contributed by atoms with Crippen LogP contribution in [0.1, 0.15) is 35.4 Å². The zero-order valence-electron chi connectivity index (χ0n) is 12.3. The van der Waals surface area contributed by atoms with Gasteiger partial charge in [0.2, 0.25) is 5.91 Å². The van der Waals surface area contributed by atoms with Gasteiger partial charge in [-0.05, 0) is 44.4 Å². The molecule has 1 atom stereocenters. The fourth-order valence-electron chi connectivity index (χ4n) is 3.00. The van der Waals surface area contributed by atoms with Crippen LogP contribution in [0.4, 0.5) is 0 Å². The second-order valence-electron chi connectivity index (χ2n) is 5.61. The number of primary amides is 1. The van der Waals surface area contributed by atoms with Gasteiger partial charge in [0.05, 0.1) is 0 Å². The molecular weight excluding hydrogens is 348 g/mol. The number of benzene rings is 1. The van der Waals surface area contributed by atoms with E-state index in [9.17, 15) is 9.59 Å². The van der Waals surface area contributed by atoms with Gasteiger partial charge < -0.3 is 15.1 Å². The van der Waals surface area contributed by atoms with Gasteiger partial charge in [-0.1, -0.05) is 15.9 Å². The van der Waals surface area contributed by atoms with Crippen LogP contribution < -0.4 is 5.73 Å². The highest BCUT2D eigenvalue weighted by atomic mass is 79.9. The number of halogens is 1. The number of furan rings is 1. The molecule has 6 heteroatoms. The van der Waals surface area contributed by atoms with Crippen LogP contribution >= 0.6 is 15.9 Å². The Morgan fingerprint density at radius 1 is 1.36 bits per heavy atom. The summed E-state index contributed by atoms with van der Waals surface area (Å²) < 4.78 is 6.66. The summed E-state index contributed by atoms with van der Waals surface area (Å²) >= 11 is 3.42. The first-order chi connectivity index (χ1) is 10.5. The topological polar surface area (TPSA) is 76.5 Å². The monoisotopic (exact) mass is 364 g/mol. The fraction of sp³-hybridized carbons (Fsp3) is 0.375. The molecule has 0 unspecified atom stereocenters. The molecular formula is C16H17BrN2O3. The van der Waals surface area contributed by atoms with E-state index in [1.807, 2.05) is 25.1 Å². The van der Waals surface area contributed by atoms with Crippen molar-refractivity contribution >= 4 is 38.7 Å². The molecule has 0 radical (unpaired) electrons. The molecule has 22 heavy (non-hydrogen) atoms. The Kier molecular flexibility index (Phi) is 3.95. The van der Waals surface area contributed by atoms with Crippen molar-refractivity contribution in [3.8, 4) is 0 Å². The third-order valence-corrected chi connectivity index (χ3v) is 4.68. The summed E-state index contributed by atoms with van der Waals surface area (Å²) in [4.78, 5) is 25.9. The number of fused-ring (bicyclic) bond motifs is 1. The quantitative estimate of drug-likeness (QED) is 0.889. The van der Waals surface area contributed by atoms with Gasteiger partial charge >= 0.3 is 0 Å². The molecule has 2 aromatic rings. The highest BCUT2D eigenvalue weighted by Gasteiger charge is 2.33. The lowest BCUT2D eigenvalue weighted by atomic mass is 10.0. The number of nitrogens with zero attached hydrogens (tertiary/aromatic N) is 1. The molecule has 1 aromatic carbocycles. The Morgan fingerprint density at radius 2 is 2.14 bits per heavy atom. The first-order valence-electron chi connectivity index (χ1n) is 7.28. The smallest absolute Gasteiger partial charge is 0.290 e. The summed E-state index contributed by atoms with van der Waals surface area (Å²) in [5.41, 5.74) is 6.89. The Morgan fingerprint density at radius 3 is 2.86 bits per heavy atom. The third-order valence-electron chi connectivity index (χ3n) is 4.18. The van der Waals surface area contributed by atoms with E-state index in [2.05, 4.69) is 15.9 Å². The SMILES string of the molecule is Cc1c(C(=O)N2CCCC[C@@H]2C(N)=O)oc2ccc(Br)cc12. The molecule has 2 N–H and O–H groups in total. The highest BCUT2D eigenvalue weighted by molar-refractivity contribution is 9.10. The van der Waals surface area contributed by atoms with E-state index in [1.54, 1.807) is 4.90 Å². The zero-order valence-corrected chi connectivity index (χ0v) is 13.9. The lowest BCUT2D eigenvalue weighted by Gasteiger charge is -2.33. The molecule has 0 saturated carbocycles. The van der Waals surface area contributed by atoms with Crippen molar-refractivity contribution in [2.45, 2.75) is 32.2 Å². The highest BCUT2D eigenvalue weighted by Crippen LogP contribution is 2.30. The van der Waals surface area contributed by atoms with Crippen molar-refractivity contribution in [1.82, 2.24) is 4.90 Å². The molecule has 2 amide bonds. The van der Waals surface area contributed by atoms with Crippen molar-refractivity contribution in [3.05, 3.63) is 34.0 Å². The second-order valence-corrected chi connectivity index (χ2v) is 6.52. The number of hydrogen-bond donors (Lipinski definition) is 1. The van der Waals surface area contributed by atoms with E-state index >= 15 is 0 Å². The summed E-state index contributed by atoms with van der Waals surface area (Å²) in [6.45, 7) is 2.39. The van der Waals surface area contributed by atoms with Crippen LogP contribution in [0.5, 0.6) is 0 Å². The van der Waals surface area contributed by atoms with E-state index in [1.165, 1.54) is 0 Å². The maximum atomic E-state index is 12.8. The van der Waals surface area contributed by atoms with E-state index in [0.717, 1.165) is 28.3 Å². The van der Waals surface area contributed by atoms with Crippen LogP contribution in [0.15, 0.2) is 27.1 Å². The Hall–Kier alpha value is -1.82. The lowest BCUT2D eigenvalue weighted by Crippen LogP contribution is -2.50. The van der Waals surface area contributed by atoms with Crippen molar-refractivity contribution in [2.24, 2.45) is 5.73 Å². The second kappa shape index (κ2) is 5.76. The first kappa shape index (κ1) is 15.1. The molecule has 1 aromatic heterocycles. The lowest BCUT2D eigenvalue weighted by molar-refractivity contribution is -0.123. The number of hydrogen-bond acceptors (Lipinski definition) is 3. The van der Waals surface area contributed by atoms with Gasteiger partial charge in [0, 0.05) is 22.0 Å². The number of rotatable bonds is 2. The van der Waals surface area contributed by atoms with Crippen molar-refractivity contribution in [3.63, 3.8) is 0 Å². The fourth-order valence-corrected chi connectivity index (χ4v) is 3.36. The molecule has 1 aliphatic rings. The number of amides is 2. The van der Waals surface area contributed by atoms with Gasteiger partial charge in [-0.25, -0.2) is 0 Å². The number of carbonyl (C=O) groups excluding carboxylic acids is 2. The zero-order chi connectivity index (χ0) is 15.9. The number of nitrogens with two attached hydrogens (primary N) is 1. The standard InChI is InChI=1S/C16H17BrN2O3/c1-9-11-8-10(17)5-6-13(11)22-14(9)16(21)19-7-3-2-4-12(19)15(18)20/h5-6,8,12H,2-4,7H2,1H3,(H2,18,20)/t12-/m1/s1. The first-order valence-corrected chi connectivity index (χ1v) is 8.07. The Labute approximate surface area is 136 Å². The van der Waals surface area contributed by atoms with Crippen LogP contribution in [0, 0.1) is 6.92 Å². The van der Waals surface area contributed by atoms with E-state index in [0.29, 0.717) is 24.3 Å². The van der Waals surface area contributed by atoms with Crippen LogP contribution in [0.3, 0.4) is 0 Å². The predicted octanol–water partition coefficient (Wildman–Crippen LogP) is 2.98. The molecule has 1 aliphatic heterocycles. The summed E-state index contributed by atoms with van der Waals surface area (Å²) in [6, 6.07) is 5.07. The number of aryl methyl sites for hydroxylation is 1. The van der Waals surface area contributed by atoms with Crippen molar-refractivity contribution in [2.75, 3.05) is 6.54 Å². The molecule has 0 bridgehead atoms. The minimum absolute atomic E-state index is 0.256.